The zero-order valence-electron chi connectivity index (χ0n) is 6.53. The summed E-state index contributed by atoms with van der Waals surface area (Å²) in [4.78, 5) is 4.08. The summed E-state index contributed by atoms with van der Waals surface area (Å²) < 4.78 is 8.09. The lowest BCUT2D eigenvalue weighted by Crippen LogP contribution is -1.88. The lowest BCUT2D eigenvalue weighted by atomic mass is 10.4. The highest BCUT2D eigenvalue weighted by Gasteiger charge is 2.13. The zero-order valence-corrected chi connectivity index (χ0v) is 10.3. The first-order chi connectivity index (χ1) is 6.18. The second-order valence-electron chi connectivity index (χ2n) is 2.34. The maximum absolute atomic E-state index is 4.99. The summed E-state index contributed by atoms with van der Waals surface area (Å²) in [5.74, 6) is 0.476. The zero-order chi connectivity index (χ0) is 9.42. The second kappa shape index (κ2) is 3.37. The van der Waals surface area contributed by atoms with Crippen molar-refractivity contribution >= 4 is 38.5 Å². The average molecular weight is 355 g/mol. The Bertz CT molecular complexity index is 438. The molecule has 0 fully saturated rings. The molecular formula is C6H4BrIN4O. The van der Waals surface area contributed by atoms with E-state index in [1.54, 1.807) is 10.9 Å². The van der Waals surface area contributed by atoms with Crippen molar-refractivity contribution < 1.29 is 4.52 Å². The number of aryl methyl sites for hydroxylation is 1. The standard InChI is InChI=1S/C6H4BrIN4O/c1-12-4(7)3(2-9-12)5-10-6(8)11-13-5/h2H,1H3. The molecule has 0 bridgehead atoms. The van der Waals surface area contributed by atoms with Crippen LogP contribution in [-0.2, 0) is 7.05 Å². The first-order valence-electron chi connectivity index (χ1n) is 3.35. The molecule has 0 radical (unpaired) electrons. The molecule has 2 rings (SSSR count). The van der Waals surface area contributed by atoms with Gasteiger partial charge in [-0.2, -0.15) is 10.1 Å². The number of hydrogen-bond acceptors (Lipinski definition) is 4. The number of halogens is 2. The van der Waals surface area contributed by atoms with E-state index in [0.717, 1.165) is 10.2 Å². The van der Waals surface area contributed by atoms with E-state index in [4.69, 9.17) is 4.52 Å². The van der Waals surface area contributed by atoms with Crippen LogP contribution in [0.5, 0.6) is 0 Å². The fraction of sp³-hybridized carbons (Fsp3) is 0.167. The van der Waals surface area contributed by atoms with Crippen molar-refractivity contribution in [2.24, 2.45) is 7.05 Å². The predicted molar refractivity (Wildman–Crippen MR) is 56.9 cm³/mol. The van der Waals surface area contributed by atoms with Crippen LogP contribution in [0.3, 0.4) is 0 Å². The Morgan fingerprint density at radius 1 is 1.62 bits per heavy atom. The maximum Gasteiger partial charge on any atom is 0.262 e. The van der Waals surface area contributed by atoms with Crippen LogP contribution in [0, 0.1) is 3.83 Å². The van der Waals surface area contributed by atoms with Crippen molar-refractivity contribution in [3.05, 3.63) is 14.6 Å². The summed E-state index contributed by atoms with van der Waals surface area (Å²) >= 11 is 5.35. The molecule has 0 N–H and O–H groups in total. The smallest absolute Gasteiger partial charge is 0.262 e. The number of nitrogens with zero attached hydrogens (tertiary/aromatic N) is 4. The Labute approximate surface area is 95.8 Å². The van der Waals surface area contributed by atoms with Crippen LogP contribution in [-0.4, -0.2) is 19.9 Å². The average Bonchev–Trinajstić information content (AvgIpc) is 2.62. The molecule has 0 atom stereocenters. The van der Waals surface area contributed by atoms with E-state index in [1.165, 1.54) is 0 Å². The van der Waals surface area contributed by atoms with Crippen LogP contribution in [0.2, 0.25) is 0 Å². The van der Waals surface area contributed by atoms with E-state index in [0.29, 0.717) is 9.72 Å². The molecule has 0 aliphatic rings. The van der Waals surface area contributed by atoms with Gasteiger partial charge in [-0.05, 0) is 15.9 Å². The summed E-state index contributed by atoms with van der Waals surface area (Å²) in [5.41, 5.74) is 0.804. The summed E-state index contributed by atoms with van der Waals surface area (Å²) in [6, 6.07) is 0. The fourth-order valence-corrected chi connectivity index (χ4v) is 1.56. The maximum atomic E-state index is 4.99. The molecule has 0 amide bonds. The molecule has 0 aliphatic heterocycles. The van der Waals surface area contributed by atoms with Gasteiger partial charge in [-0.3, -0.25) is 4.68 Å². The van der Waals surface area contributed by atoms with Gasteiger partial charge in [0.25, 0.3) is 5.89 Å². The quantitative estimate of drug-likeness (QED) is 0.733. The first kappa shape index (κ1) is 9.13. The summed E-state index contributed by atoms with van der Waals surface area (Å²) in [6.07, 6.45) is 1.67. The highest BCUT2D eigenvalue weighted by atomic mass is 127. The van der Waals surface area contributed by atoms with E-state index in [-0.39, 0.29) is 0 Å². The number of hydrogen-bond donors (Lipinski definition) is 0. The van der Waals surface area contributed by atoms with Gasteiger partial charge in [0.1, 0.15) is 4.60 Å². The molecule has 0 aliphatic carbocycles. The van der Waals surface area contributed by atoms with Crippen LogP contribution < -0.4 is 0 Å². The lowest BCUT2D eigenvalue weighted by Gasteiger charge is -1.91. The monoisotopic (exact) mass is 354 g/mol. The molecule has 0 aromatic carbocycles. The van der Waals surface area contributed by atoms with Gasteiger partial charge in [0, 0.05) is 29.6 Å². The van der Waals surface area contributed by atoms with Crippen LogP contribution in [0.25, 0.3) is 11.5 Å². The van der Waals surface area contributed by atoms with Crippen molar-refractivity contribution in [1.29, 1.82) is 0 Å². The van der Waals surface area contributed by atoms with Gasteiger partial charge in [-0.15, -0.1) is 0 Å². The third-order valence-corrected chi connectivity index (χ3v) is 2.88. The SMILES string of the molecule is Cn1ncc(-c2nc(I)no2)c1Br. The molecule has 2 heterocycles. The van der Waals surface area contributed by atoms with Crippen LogP contribution in [0.15, 0.2) is 15.3 Å². The topological polar surface area (TPSA) is 56.7 Å². The minimum Gasteiger partial charge on any atom is -0.333 e. The second-order valence-corrected chi connectivity index (χ2v) is 4.06. The highest BCUT2D eigenvalue weighted by molar-refractivity contribution is 14.1. The Hall–Kier alpha value is -0.440. The van der Waals surface area contributed by atoms with Gasteiger partial charge in [0.15, 0.2) is 0 Å². The van der Waals surface area contributed by atoms with Crippen LogP contribution in [0.1, 0.15) is 0 Å². The molecule has 0 saturated heterocycles. The van der Waals surface area contributed by atoms with Crippen LogP contribution >= 0.6 is 38.5 Å². The van der Waals surface area contributed by atoms with Gasteiger partial charge in [0.05, 0.1) is 11.8 Å². The van der Waals surface area contributed by atoms with Gasteiger partial charge in [0.2, 0.25) is 3.83 Å². The number of aromatic nitrogens is 4. The lowest BCUT2D eigenvalue weighted by molar-refractivity contribution is 0.425. The molecule has 68 valence electrons. The van der Waals surface area contributed by atoms with E-state index in [1.807, 2.05) is 29.6 Å². The highest BCUT2D eigenvalue weighted by Crippen LogP contribution is 2.25. The molecule has 2 aromatic rings. The third-order valence-electron chi connectivity index (χ3n) is 1.50. The summed E-state index contributed by atoms with van der Waals surface area (Å²) in [7, 11) is 1.83. The van der Waals surface area contributed by atoms with E-state index < -0.39 is 0 Å². The molecule has 7 heteroatoms. The molecule has 13 heavy (non-hydrogen) atoms. The van der Waals surface area contributed by atoms with Crippen molar-refractivity contribution in [3.8, 4) is 11.5 Å². The van der Waals surface area contributed by atoms with E-state index in [9.17, 15) is 0 Å². The predicted octanol–water partition coefficient (Wildman–Crippen LogP) is 1.84. The summed E-state index contributed by atoms with van der Waals surface area (Å²) in [6.45, 7) is 0. The molecule has 2 aromatic heterocycles. The minimum atomic E-state index is 0.476. The molecule has 0 spiro atoms. The van der Waals surface area contributed by atoms with E-state index >= 15 is 0 Å². The first-order valence-corrected chi connectivity index (χ1v) is 5.22. The Morgan fingerprint density at radius 3 is 2.85 bits per heavy atom. The summed E-state index contributed by atoms with van der Waals surface area (Å²) in [5, 5.41) is 7.73. The van der Waals surface area contributed by atoms with Crippen molar-refractivity contribution in [2.75, 3.05) is 0 Å². The van der Waals surface area contributed by atoms with Crippen molar-refractivity contribution in [1.82, 2.24) is 19.9 Å². The Balaban J connectivity index is 2.52. The molecular weight excluding hydrogens is 351 g/mol. The molecule has 5 nitrogen and oxygen atoms in total. The molecule has 0 saturated carbocycles. The fourth-order valence-electron chi connectivity index (χ4n) is 0.881. The van der Waals surface area contributed by atoms with Crippen molar-refractivity contribution in [3.63, 3.8) is 0 Å². The Kier molecular flexibility index (Phi) is 2.37. The third kappa shape index (κ3) is 1.62. The van der Waals surface area contributed by atoms with Gasteiger partial charge >= 0.3 is 0 Å². The van der Waals surface area contributed by atoms with E-state index in [2.05, 4.69) is 31.2 Å². The van der Waals surface area contributed by atoms with Gasteiger partial charge < -0.3 is 4.52 Å². The largest absolute Gasteiger partial charge is 0.333 e. The molecule has 0 unspecified atom stereocenters. The Morgan fingerprint density at radius 2 is 2.38 bits per heavy atom. The van der Waals surface area contributed by atoms with Crippen molar-refractivity contribution in [2.45, 2.75) is 0 Å². The number of rotatable bonds is 1. The minimum absolute atomic E-state index is 0.476. The van der Waals surface area contributed by atoms with Crippen LogP contribution in [0.4, 0.5) is 0 Å². The van der Waals surface area contributed by atoms with Gasteiger partial charge in [-0.1, -0.05) is 5.16 Å². The normalized spacial score (nSPS) is 10.7. The van der Waals surface area contributed by atoms with Gasteiger partial charge in [-0.25, -0.2) is 0 Å².